The number of carbonyl (C=O) groups is 1. The maximum absolute atomic E-state index is 12.4. The van der Waals surface area contributed by atoms with Crippen molar-refractivity contribution >= 4 is 39.2 Å². The van der Waals surface area contributed by atoms with Crippen molar-refractivity contribution in [3.8, 4) is 5.75 Å². The van der Waals surface area contributed by atoms with E-state index in [1.807, 2.05) is 55.6 Å². The standard InChI is InChI=1S/C20H22N2O2S2/c1-4-22-17-11-8-15(24-5-2)13-18(17)26-20(22)21-19(23)12-14-6-9-16(25-3)10-7-14/h6-11,13H,4-5,12H2,1-3H3. The zero-order valence-corrected chi connectivity index (χ0v) is 16.8. The quantitative estimate of drug-likeness (QED) is 0.585. The van der Waals surface area contributed by atoms with E-state index in [4.69, 9.17) is 4.74 Å². The van der Waals surface area contributed by atoms with Gasteiger partial charge in [-0.2, -0.15) is 4.99 Å². The van der Waals surface area contributed by atoms with Gasteiger partial charge in [-0.1, -0.05) is 23.5 Å². The molecule has 0 unspecified atom stereocenters. The Morgan fingerprint density at radius 3 is 2.62 bits per heavy atom. The predicted octanol–water partition coefficient (Wildman–Crippen LogP) is 4.51. The van der Waals surface area contributed by atoms with E-state index in [0.29, 0.717) is 13.0 Å². The molecule has 0 radical (unpaired) electrons. The van der Waals surface area contributed by atoms with Crippen molar-refractivity contribution in [1.29, 1.82) is 0 Å². The molecule has 1 aromatic heterocycles. The molecule has 1 amide bonds. The molecule has 0 aliphatic rings. The Bertz CT molecular complexity index is 972. The van der Waals surface area contributed by atoms with Gasteiger partial charge < -0.3 is 9.30 Å². The number of carbonyl (C=O) groups excluding carboxylic acids is 1. The van der Waals surface area contributed by atoms with Crippen molar-refractivity contribution in [1.82, 2.24) is 4.57 Å². The summed E-state index contributed by atoms with van der Waals surface area (Å²) in [7, 11) is 0. The number of aryl methyl sites for hydroxylation is 1. The van der Waals surface area contributed by atoms with E-state index >= 15 is 0 Å². The number of amides is 1. The fraction of sp³-hybridized carbons (Fsp3) is 0.300. The summed E-state index contributed by atoms with van der Waals surface area (Å²) in [6.45, 7) is 5.43. The lowest BCUT2D eigenvalue weighted by Crippen LogP contribution is -2.16. The molecule has 1 heterocycles. The fourth-order valence-corrected chi connectivity index (χ4v) is 4.31. The number of aromatic nitrogens is 1. The third kappa shape index (κ3) is 4.19. The Hall–Kier alpha value is -2.05. The van der Waals surface area contributed by atoms with Gasteiger partial charge in [-0.15, -0.1) is 11.8 Å². The first-order valence-corrected chi connectivity index (χ1v) is 10.7. The van der Waals surface area contributed by atoms with E-state index in [0.717, 1.165) is 32.9 Å². The van der Waals surface area contributed by atoms with E-state index in [9.17, 15) is 4.79 Å². The molecule has 0 N–H and O–H groups in total. The molecule has 0 aliphatic carbocycles. The number of thiazole rings is 1. The summed E-state index contributed by atoms with van der Waals surface area (Å²) in [5.41, 5.74) is 2.07. The van der Waals surface area contributed by atoms with Gasteiger partial charge in [0, 0.05) is 11.4 Å². The molecule has 4 nitrogen and oxygen atoms in total. The summed E-state index contributed by atoms with van der Waals surface area (Å²) in [4.78, 5) is 18.8. The Kier molecular flexibility index (Phi) is 6.16. The number of benzene rings is 2. The molecule has 3 rings (SSSR count). The number of ether oxygens (including phenoxy) is 1. The summed E-state index contributed by atoms with van der Waals surface area (Å²) in [5.74, 6) is 0.719. The Labute approximate surface area is 161 Å². The normalized spacial score (nSPS) is 11.9. The Morgan fingerprint density at radius 2 is 1.96 bits per heavy atom. The lowest BCUT2D eigenvalue weighted by molar-refractivity contribution is -0.117. The van der Waals surface area contributed by atoms with E-state index in [1.54, 1.807) is 11.8 Å². The Morgan fingerprint density at radius 1 is 1.19 bits per heavy atom. The summed E-state index contributed by atoms with van der Waals surface area (Å²) in [6.07, 6.45) is 2.36. The van der Waals surface area contributed by atoms with E-state index < -0.39 is 0 Å². The molecular formula is C20H22N2O2S2. The Balaban J connectivity index is 1.90. The number of fused-ring (bicyclic) bond motifs is 1. The zero-order valence-electron chi connectivity index (χ0n) is 15.2. The van der Waals surface area contributed by atoms with Crippen LogP contribution in [0.4, 0.5) is 0 Å². The van der Waals surface area contributed by atoms with Crippen LogP contribution >= 0.6 is 23.1 Å². The lowest BCUT2D eigenvalue weighted by atomic mass is 10.1. The molecule has 0 saturated carbocycles. The summed E-state index contributed by atoms with van der Waals surface area (Å²) < 4.78 is 8.73. The molecule has 0 saturated heterocycles. The highest BCUT2D eigenvalue weighted by molar-refractivity contribution is 7.98. The topological polar surface area (TPSA) is 43.6 Å². The monoisotopic (exact) mass is 386 g/mol. The fourth-order valence-electron chi connectivity index (χ4n) is 2.77. The molecule has 3 aromatic rings. The second-order valence-electron chi connectivity index (χ2n) is 5.72. The van der Waals surface area contributed by atoms with Crippen LogP contribution in [0.5, 0.6) is 5.75 Å². The minimum Gasteiger partial charge on any atom is -0.494 e. The highest BCUT2D eigenvalue weighted by Crippen LogP contribution is 2.23. The van der Waals surface area contributed by atoms with Crippen LogP contribution in [0.15, 0.2) is 52.4 Å². The van der Waals surface area contributed by atoms with Crippen molar-refractivity contribution in [3.05, 3.63) is 52.8 Å². The number of thioether (sulfide) groups is 1. The maximum atomic E-state index is 12.4. The van der Waals surface area contributed by atoms with Gasteiger partial charge in [-0.05, 0) is 56.0 Å². The molecule has 0 aliphatic heterocycles. The van der Waals surface area contributed by atoms with Crippen molar-refractivity contribution in [2.75, 3.05) is 12.9 Å². The third-order valence-electron chi connectivity index (χ3n) is 4.02. The molecule has 136 valence electrons. The van der Waals surface area contributed by atoms with Gasteiger partial charge in [0.2, 0.25) is 0 Å². The molecule has 0 spiro atoms. The molecule has 0 fully saturated rings. The second kappa shape index (κ2) is 8.56. The van der Waals surface area contributed by atoms with Gasteiger partial charge in [0.05, 0.1) is 23.2 Å². The third-order valence-corrected chi connectivity index (χ3v) is 5.80. The van der Waals surface area contributed by atoms with Crippen molar-refractivity contribution in [3.63, 3.8) is 0 Å². The molecule has 0 atom stereocenters. The largest absolute Gasteiger partial charge is 0.494 e. The zero-order chi connectivity index (χ0) is 18.5. The summed E-state index contributed by atoms with van der Waals surface area (Å²) >= 11 is 3.22. The van der Waals surface area contributed by atoms with Crippen LogP contribution in [-0.2, 0) is 17.8 Å². The first kappa shape index (κ1) is 18.7. The SMILES string of the molecule is CCOc1ccc2c(c1)sc(=NC(=O)Cc1ccc(SC)cc1)n2CC. The van der Waals surface area contributed by atoms with Crippen LogP contribution in [0, 0.1) is 0 Å². The van der Waals surface area contributed by atoms with Crippen LogP contribution < -0.4 is 9.54 Å². The average molecular weight is 387 g/mol. The highest BCUT2D eigenvalue weighted by atomic mass is 32.2. The smallest absolute Gasteiger partial charge is 0.252 e. The van der Waals surface area contributed by atoms with E-state index in [2.05, 4.69) is 16.5 Å². The molecule has 2 aromatic carbocycles. The van der Waals surface area contributed by atoms with Crippen LogP contribution in [0.25, 0.3) is 10.2 Å². The van der Waals surface area contributed by atoms with Crippen LogP contribution in [-0.4, -0.2) is 23.3 Å². The van der Waals surface area contributed by atoms with Gasteiger partial charge in [0.15, 0.2) is 4.80 Å². The highest BCUT2D eigenvalue weighted by Gasteiger charge is 2.09. The molecule has 26 heavy (non-hydrogen) atoms. The first-order chi connectivity index (χ1) is 12.6. The van der Waals surface area contributed by atoms with Crippen molar-refractivity contribution in [2.45, 2.75) is 31.7 Å². The number of hydrogen-bond donors (Lipinski definition) is 0. The van der Waals surface area contributed by atoms with E-state index in [1.165, 1.54) is 16.2 Å². The number of hydrogen-bond acceptors (Lipinski definition) is 4. The van der Waals surface area contributed by atoms with Gasteiger partial charge >= 0.3 is 0 Å². The summed E-state index contributed by atoms with van der Waals surface area (Å²) in [6, 6.07) is 14.1. The van der Waals surface area contributed by atoms with Crippen LogP contribution in [0.3, 0.4) is 0 Å². The van der Waals surface area contributed by atoms with Crippen LogP contribution in [0.2, 0.25) is 0 Å². The number of nitrogens with zero attached hydrogens (tertiary/aromatic N) is 2. The summed E-state index contributed by atoms with van der Waals surface area (Å²) in [5, 5.41) is 0. The first-order valence-electron chi connectivity index (χ1n) is 8.61. The predicted molar refractivity (Wildman–Crippen MR) is 109 cm³/mol. The van der Waals surface area contributed by atoms with E-state index in [-0.39, 0.29) is 5.91 Å². The molecule has 0 bridgehead atoms. The van der Waals surface area contributed by atoms with Crippen molar-refractivity contribution < 1.29 is 9.53 Å². The van der Waals surface area contributed by atoms with Gasteiger partial charge in [0.1, 0.15) is 5.75 Å². The van der Waals surface area contributed by atoms with Gasteiger partial charge in [0.25, 0.3) is 5.91 Å². The minimum atomic E-state index is -0.124. The number of rotatable bonds is 6. The van der Waals surface area contributed by atoms with Crippen LogP contribution in [0.1, 0.15) is 19.4 Å². The van der Waals surface area contributed by atoms with Gasteiger partial charge in [-0.3, -0.25) is 4.79 Å². The minimum absolute atomic E-state index is 0.124. The van der Waals surface area contributed by atoms with Gasteiger partial charge in [-0.25, -0.2) is 0 Å². The van der Waals surface area contributed by atoms with Crippen molar-refractivity contribution in [2.24, 2.45) is 4.99 Å². The maximum Gasteiger partial charge on any atom is 0.252 e. The lowest BCUT2D eigenvalue weighted by Gasteiger charge is -2.03. The second-order valence-corrected chi connectivity index (χ2v) is 7.61. The molecule has 6 heteroatoms. The average Bonchev–Trinajstić information content (AvgIpc) is 2.98. The molecular weight excluding hydrogens is 364 g/mol.